The summed E-state index contributed by atoms with van der Waals surface area (Å²) in [7, 11) is 0. The second-order valence-corrected chi connectivity index (χ2v) is 4.83. The zero-order valence-corrected chi connectivity index (χ0v) is 11.3. The zero-order valence-electron chi connectivity index (χ0n) is 11.3. The largest absolute Gasteiger partial charge is 0.399 e. The minimum atomic E-state index is -0.585. The molecule has 0 aromatic heterocycles. The van der Waals surface area contributed by atoms with Crippen molar-refractivity contribution in [3.05, 3.63) is 23.8 Å². The van der Waals surface area contributed by atoms with Gasteiger partial charge in [-0.25, -0.2) is 8.78 Å². The van der Waals surface area contributed by atoms with Crippen LogP contribution in [0.15, 0.2) is 12.1 Å². The fourth-order valence-electron chi connectivity index (χ4n) is 2.02. The fourth-order valence-corrected chi connectivity index (χ4v) is 2.02. The standard InChI is InChI=1S/C14H22F2N2/c1-4-5-6-7-18(10(2)3)14-12(15)8-11(17)9-13(14)16/h8-10H,4-7,17H2,1-3H3. The summed E-state index contributed by atoms with van der Waals surface area (Å²) in [6.07, 6.45) is 3.07. The van der Waals surface area contributed by atoms with Crippen molar-refractivity contribution in [3.63, 3.8) is 0 Å². The van der Waals surface area contributed by atoms with Gasteiger partial charge >= 0.3 is 0 Å². The highest BCUT2D eigenvalue weighted by atomic mass is 19.1. The van der Waals surface area contributed by atoms with Crippen molar-refractivity contribution in [3.8, 4) is 0 Å². The summed E-state index contributed by atoms with van der Waals surface area (Å²) in [6.45, 7) is 6.62. The zero-order chi connectivity index (χ0) is 13.7. The molecule has 1 aromatic rings. The average molecular weight is 256 g/mol. The summed E-state index contributed by atoms with van der Waals surface area (Å²) in [5, 5.41) is 0. The first-order valence-corrected chi connectivity index (χ1v) is 6.48. The molecule has 1 rings (SSSR count). The van der Waals surface area contributed by atoms with Crippen LogP contribution in [0, 0.1) is 11.6 Å². The molecule has 1 aromatic carbocycles. The normalized spacial score (nSPS) is 11.0. The number of nitrogen functional groups attached to an aromatic ring is 1. The minimum Gasteiger partial charge on any atom is -0.399 e. The van der Waals surface area contributed by atoms with E-state index in [0.717, 1.165) is 19.3 Å². The lowest BCUT2D eigenvalue weighted by molar-refractivity contribution is 0.546. The van der Waals surface area contributed by atoms with Crippen LogP contribution < -0.4 is 10.6 Å². The van der Waals surface area contributed by atoms with Gasteiger partial charge < -0.3 is 10.6 Å². The van der Waals surface area contributed by atoms with E-state index < -0.39 is 11.6 Å². The molecule has 0 radical (unpaired) electrons. The van der Waals surface area contributed by atoms with E-state index in [-0.39, 0.29) is 17.4 Å². The molecule has 0 amide bonds. The maximum absolute atomic E-state index is 13.9. The Morgan fingerprint density at radius 3 is 2.17 bits per heavy atom. The van der Waals surface area contributed by atoms with E-state index in [2.05, 4.69) is 6.92 Å². The third-order valence-electron chi connectivity index (χ3n) is 2.95. The summed E-state index contributed by atoms with van der Waals surface area (Å²) < 4.78 is 27.7. The van der Waals surface area contributed by atoms with E-state index in [1.807, 2.05) is 13.8 Å². The Hall–Kier alpha value is -1.32. The molecule has 0 spiro atoms. The summed E-state index contributed by atoms with van der Waals surface area (Å²) in [4.78, 5) is 1.76. The van der Waals surface area contributed by atoms with E-state index in [0.29, 0.717) is 6.54 Å². The van der Waals surface area contributed by atoms with Gasteiger partial charge in [-0.1, -0.05) is 19.8 Å². The first kappa shape index (κ1) is 14.7. The maximum Gasteiger partial charge on any atom is 0.151 e. The lowest BCUT2D eigenvalue weighted by Crippen LogP contribution is -2.33. The predicted molar refractivity (Wildman–Crippen MR) is 72.8 cm³/mol. The number of nitrogens with two attached hydrogens (primary N) is 1. The number of anilines is 2. The molecule has 4 heteroatoms. The highest BCUT2D eigenvalue weighted by molar-refractivity contribution is 5.56. The molecule has 0 fully saturated rings. The van der Waals surface area contributed by atoms with Crippen LogP contribution in [0.25, 0.3) is 0 Å². The summed E-state index contributed by atoms with van der Waals surface area (Å²) in [5.74, 6) is -1.17. The first-order chi connectivity index (χ1) is 8.47. The molecule has 2 N–H and O–H groups in total. The van der Waals surface area contributed by atoms with Gasteiger partial charge in [-0.3, -0.25) is 0 Å². The van der Waals surface area contributed by atoms with Gasteiger partial charge in [0.15, 0.2) is 11.6 Å². The average Bonchev–Trinajstić information content (AvgIpc) is 2.25. The summed E-state index contributed by atoms with van der Waals surface area (Å²) in [6, 6.07) is 2.40. The molecule has 0 aliphatic carbocycles. The predicted octanol–water partition coefficient (Wildman–Crippen LogP) is 3.95. The molecule has 18 heavy (non-hydrogen) atoms. The number of nitrogens with zero attached hydrogens (tertiary/aromatic N) is 1. The fraction of sp³-hybridized carbons (Fsp3) is 0.571. The molecule has 0 unspecified atom stereocenters. The Labute approximate surface area is 108 Å². The van der Waals surface area contributed by atoms with Crippen molar-refractivity contribution in [2.45, 2.75) is 46.1 Å². The van der Waals surface area contributed by atoms with Crippen molar-refractivity contribution < 1.29 is 8.78 Å². The van der Waals surface area contributed by atoms with Crippen molar-refractivity contribution >= 4 is 11.4 Å². The Kier molecular flexibility index (Phi) is 5.38. The number of hydrogen-bond acceptors (Lipinski definition) is 2. The SMILES string of the molecule is CCCCCN(c1c(F)cc(N)cc1F)C(C)C. The van der Waals surface area contributed by atoms with Gasteiger partial charge in [0.05, 0.1) is 0 Å². The number of rotatable bonds is 6. The molecule has 0 aliphatic heterocycles. The van der Waals surface area contributed by atoms with Gasteiger partial charge in [0.1, 0.15) is 5.69 Å². The van der Waals surface area contributed by atoms with Gasteiger partial charge in [0, 0.05) is 18.3 Å². The maximum atomic E-state index is 13.9. The number of hydrogen-bond donors (Lipinski definition) is 1. The number of unbranched alkanes of at least 4 members (excludes halogenated alkanes) is 2. The second kappa shape index (κ2) is 6.57. The summed E-state index contributed by atoms with van der Waals surface area (Å²) >= 11 is 0. The van der Waals surface area contributed by atoms with Crippen molar-refractivity contribution in [1.29, 1.82) is 0 Å². The second-order valence-electron chi connectivity index (χ2n) is 4.83. The first-order valence-electron chi connectivity index (χ1n) is 6.48. The third kappa shape index (κ3) is 3.59. The van der Waals surface area contributed by atoms with Gasteiger partial charge in [-0.05, 0) is 32.4 Å². The molecule has 0 heterocycles. The van der Waals surface area contributed by atoms with E-state index in [1.165, 1.54) is 12.1 Å². The van der Waals surface area contributed by atoms with Crippen LogP contribution in [0.1, 0.15) is 40.0 Å². The minimum absolute atomic E-state index is 0.0373. The topological polar surface area (TPSA) is 29.3 Å². The van der Waals surface area contributed by atoms with E-state index in [1.54, 1.807) is 4.90 Å². The Morgan fingerprint density at radius 2 is 1.72 bits per heavy atom. The Balaban J connectivity index is 2.98. The van der Waals surface area contributed by atoms with E-state index in [9.17, 15) is 8.78 Å². The number of benzene rings is 1. The molecule has 0 saturated carbocycles. The van der Waals surface area contributed by atoms with Crippen molar-refractivity contribution in [2.24, 2.45) is 0 Å². The van der Waals surface area contributed by atoms with Crippen molar-refractivity contribution in [2.75, 3.05) is 17.2 Å². The molecule has 0 aliphatic rings. The van der Waals surface area contributed by atoms with Crippen LogP contribution in [0.2, 0.25) is 0 Å². The molecule has 2 nitrogen and oxygen atoms in total. The van der Waals surface area contributed by atoms with Crippen LogP contribution >= 0.6 is 0 Å². The smallest absolute Gasteiger partial charge is 0.151 e. The van der Waals surface area contributed by atoms with Crippen LogP contribution in [-0.4, -0.2) is 12.6 Å². The summed E-state index contributed by atoms with van der Waals surface area (Å²) in [5.41, 5.74) is 5.58. The van der Waals surface area contributed by atoms with Gasteiger partial charge in [-0.15, -0.1) is 0 Å². The molecular weight excluding hydrogens is 234 g/mol. The van der Waals surface area contributed by atoms with Crippen LogP contribution in [0.5, 0.6) is 0 Å². The van der Waals surface area contributed by atoms with Gasteiger partial charge in [-0.2, -0.15) is 0 Å². The Bertz CT molecular complexity index is 368. The van der Waals surface area contributed by atoms with E-state index >= 15 is 0 Å². The van der Waals surface area contributed by atoms with Crippen molar-refractivity contribution in [1.82, 2.24) is 0 Å². The van der Waals surface area contributed by atoms with Crippen LogP contribution in [0.4, 0.5) is 20.2 Å². The molecule has 102 valence electrons. The highest BCUT2D eigenvalue weighted by Gasteiger charge is 2.19. The lowest BCUT2D eigenvalue weighted by Gasteiger charge is -2.29. The monoisotopic (exact) mass is 256 g/mol. The van der Waals surface area contributed by atoms with E-state index in [4.69, 9.17) is 5.73 Å². The molecule has 0 bridgehead atoms. The van der Waals surface area contributed by atoms with Crippen LogP contribution in [0.3, 0.4) is 0 Å². The lowest BCUT2D eigenvalue weighted by atomic mass is 10.1. The third-order valence-corrected chi connectivity index (χ3v) is 2.95. The molecule has 0 saturated heterocycles. The van der Waals surface area contributed by atoms with Gasteiger partial charge in [0.25, 0.3) is 0 Å². The number of halogens is 2. The highest BCUT2D eigenvalue weighted by Crippen LogP contribution is 2.27. The quantitative estimate of drug-likeness (QED) is 0.616. The van der Waals surface area contributed by atoms with Gasteiger partial charge in [0.2, 0.25) is 0 Å². The van der Waals surface area contributed by atoms with Crippen LogP contribution in [-0.2, 0) is 0 Å². The molecular formula is C14H22F2N2. The Morgan fingerprint density at radius 1 is 1.17 bits per heavy atom. The molecule has 0 atom stereocenters.